The molecule has 24 heavy (non-hydrogen) atoms. The zero-order valence-corrected chi connectivity index (χ0v) is 14.7. The Balaban J connectivity index is 1.89. The molecule has 0 bridgehead atoms. The van der Waals surface area contributed by atoms with Crippen LogP contribution in [0.1, 0.15) is 50.5 Å². The molecule has 1 aliphatic carbocycles. The molecule has 0 aliphatic heterocycles. The average Bonchev–Trinajstić information content (AvgIpc) is 2.63. The molecule has 0 saturated heterocycles. The van der Waals surface area contributed by atoms with Crippen LogP contribution in [0.15, 0.2) is 54.7 Å². The van der Waals surface area contributed by atoms with E-state index < -0.39 is 0 Å². The number of rotatable bonds is 2. The fourth-order valence-electron chi connectivity index (χ4n) is 4.17. The molecular formula is C23H26N+. The van der Waals surface area contributed by atoms with Gasteiger partial charge in [0.15, 0.2) is 6.20 Å². The molecule has 0 unspecified atom stereocenters. The molecule has 122 valence electrons. The Labute approximate surface area is 146 Å². The molecule has 1 fully saturated rings. The number of hydrogen-bond acceptors (Lipinski definition) is 0. The smallest absolute Gasteiger partial charge is 0.200 e. The fourth-order valence-corrected chi connectivity index (χ4v) is 4.17. The van der Waals surface area contributed by atoms with Crippen molar-refractivity contribution in [2.24, 2.45) is 7.05 Å². The van der Waals surface area contributed by atoms with E-state index in [9.17, 15) is 0 Å². The summed E-state index contributed by atoms with van der Waals surface area (Å²) in [6.45, 7) is 2.21. The number of aromatic nitrogens is 1. The van der Waals surface area contributed by atoms with Crippen LogP contribution in [0.3, 0.4) is 0 Å². The highest BCUT2D eigenvalue weighted by Gasteiger charge is 2.20. The summed E-state index contributed by atoms with van der Waals surface area (Å²) in [5.41, 5.74) is 5.40. The minimum Gasteiger partial charge on any atom is -0.200 e. The molecule has 1 aromatic heterocycles. The van der Waals surface area contributed by atoms with Gasteiger partial charge in [0.25, 0.3) is 0 Å². The van der Waals surface area contributed by atoms with Crippen molar-refractivity contribution in [3.05, 3.63) is 65.8 Å². The van der Waals surface area contributed by atoms with Gasteiger partial charge < -0.3 is 0 Å². The molecular weight excluding hydrogens is 290 g/mol. The van der Waals surface area contributed by atoms with Gasteiger partial charge in [-0.15, -0.1) is 0 Å². The Morgan fingerprint density at radius 1 is 1.04 bits per heavy atom. The van der Waals surface area contributed by atoms with Crippen LogP contribution in [0.25, 0.3) is 22.0 Å². The van der Waals surface area contributed by atoms with Crippen molar-refractivity contribution in [2.45, 2.75) is 44.9 Å². The van der Waals surface area contributed by atoms with Crippen LogP contribution in [0.5, 0.6) is 0 Å². The Hall–Kier alpha value is -2.15. The van der Waals surface area contributed by atoms with E-state index in [-0.39, 0.29) is 0 Å². The second-order valence-corrected chi connectivity index (χ2v) is 7.20. The Bertz CT molecular complexity index is 923. The van der Waals surface area contributed by atoms with Gasteiger partial charge in [0, 0.05) is 11.6 Å². The molecule has 1 saturated carbocycles. The molecule has 2 aromatic carbocycles. The van der Waals surface area contributed by atoms with Crippen molar-refractivity contribution >= 4 is 10.8 Å². The number of nitrogens with zero attached hydrogens (tertiary/aromatic N) is 1. The molecule has 0 spiro atoms. The predicted octanol–water partition coefficient (Wildman–Crippen LogP) is 5.69. The van der Waals surface area contributed by atoms with Crippen molar-refractivity contribution in [3.8, 4) is 11.3 Å². The summed E-state index contributed by atoms with van der Waals surface area (Å²) in [5, 5.41) is 2.37. The monoisotopic (exact) mass is 317 g/mol. The zero-order valence-electron chi connectivity index (χ0n) is 15.7. The van der Waals surface area contributed by atoms with Crippen LogP contribution >= 0.6 is 0 Å². The number of hydrogen-bond donors (Lipinski definition) is 0. The number of fused-ring (bicyclic) bond motifs is 1. The van der Waals surface area contributed by atoms with Crippen molar-refractivity contribution in [3.63, 3.8) is 0 Å². The Morgan fingerprint density at radius 2 is 1.88 bits per heavy atom. The van der Waals surface area contributed by atoms with E-state index in [0.29, 0.717) is 12.0 Å². The van der Waals surface area contributed by atoms with Gasteiger partial charge in [-0.05, 0) is 54.3 Å². The van der Waals surface area contributed by atoms with Crippen LogP contribution in [0, 0.1) is 6.92 Å². The molecule has 0 radical (unpaired) electrons. The molecule has 1 heterocycles. The third kappa shape index (κ3) is 2.73. The standard InChI is InChI=1S/C23H26N/c1-17-12-13-20(18-8-4-3-5-9-18)16-22(17)23-21-11-7-6-10-19(21)14-15-24(23)2/h6-7,10-16,18H,3-5,8-9H2,1-2H3/q+1/i6D. The normalized spacial score (nSPS) is 16.3. The van der Waals surface area contributed by atoms with E-state index in [0.717, 1.165) is 5.39 Å². The van der Waals surface area contributed by atoms with E-state index in [4.69, 9.17) is 1.37 Å². The van der Waals surface area contributed by atoms with Crippen molar-refractivity contribution < 1.29 is 5.94 Å². The topological polar surface area (TPSA) is 3.88 Å². The number of aryl methyl sites for hydroxylation is 2. The lowest BCUT2D eigenvalue weighted by atomic mass is 9.82. The molecule has 1 heteroatoms. The highest BCUT2D eigenvalue weighted by Crippen LogP contribution is 2.36. The second-order valence-electron chi connectivity index (χ2n) is 7.20. The van der Waals surface area contributed by atoms with Crippen LogP contribution in [0.2, 0.25) is 0 Å². The first-order chi connectivity index (χ1) is 12.1. The van der Waals surface area contributed by atoms with Gasteiger partial charge >= 0.3 is 0 Å². The predicted molar refractivity (Wildman–Crippen MR) is 101 cm³/mol. The van der Waals surface area contributed by atoms with Gasteiger partial charge in [0.2, 0.25) is 5.69 Å². The van der Waals surface area contributed by atoms with E-state index in [1.165, 1.54) is 59.9 Å². The molecule has 3 aromatic rings. The third-order valence-electron chi connectivity index (χ3n) is 5.57. The van der Waals surface area contributed by atoms with E-state index >= 15 is 0 Å². The second kappa shape index (κ2) is 6.39. The third-order valence-corrected chi connectivity index (χ3v) is 5.57. The molecule has 1 aliphatic rings. The van der Waals surface area contributed by atoms with Gasteiger partial charge in [-0.1, -0.05) is 49.6 Å². The maximum absolute atomic E-state index is 7.91. The lowest BCUT2D eigenvalue weighted by Crippen LogP contribution is -2.30. The lowest BCUT2D eigenvalue weighted by Gasteiger charge is -2.22. The molecule has 1 nitrogen and oxygen atoms in total. The number of benzene rings is 2. The van der Waals surface area contributed by atoms with Crippen LogP contribution in [-0.4, -0.2) is 0 Å². The van der Waals surface area contributed by atoms with Gasteiger partial charge in [-0.2, -0.15) is 0 Å². The number of pyridine rings is 1. The van der Waals surface area contributed by atoms with Gasteiger partial charge in [0.05, 0.1) is 6.76 Å². The minimum atomic E-state index is 0.569. The highest BCUT2D eigenvalue weighted by molar-refractivity contribution is 5.93. The lowest BCUT2D eigenvalue weighted by molar-refractivity contribution is -0.659. The average molecular weight is 317 g/mol. The summed E-state index contributed by atoms with van der Waals surface area (Å²) in [6.07, 6.45) is 8.88. The summed E-state index contributed by atoms with van der Waals surface area (Å²) in [4.78, 5) is 0. The van der Waals surface area contributed by atoms with Gasteiger partial charge in [-0.25, -0.2) is 4.57 Å². The summed E-state index contributed by atoms with van der Waals surface area (Å²) in [6, 6.07) is 15.7. The summed E-state index contributed by atoms with van der Waals surface area (Å²) in [5.74, 6) is 0.716. The van der Waals surface area contributed by atoms with Gasteiger partial charge in [0.1, 0.15) is 7.05 Å². The van der Waals surface area contributed by atoms with E-state index in [1.807, 2.05) is 12.1 Å². The first-order valence-corrected chi connectivity index (χ1v) is 9.13. The summed E-state index contributed by atoms with van der Waals surface area (Å²) in [7, 11) is 2.12. The molecule has 4 rings (SSSR count). The maximum atomic E-state index is 7.91. The first kappa shape index (κ1) is 14.2. The minimum absolute atomic E-state index is 0.569. The fraction of sp³-hybridized carbons (Fsp3) is 0.348. The molecule has 0 atom stereocenters. The largest absolute Gasteiger partial charge is 0.220 e. The molecule has 0 amide bonds. The van der Waals surface area contributed by atoms with E-state index in [1.54, 1.807) is 0 Å². The van der Waals surface area contributed by atoms with Crippen LogP contribution in [0.4, 0.5) is 0 Å². The van der Waals surface area contributed by atoms with Crippen LogP contribution < -0.4 is 4.57 Å². The first-order valence-electron chi connectivity index (χ1n) is 9.63. The van der Waals surface area contributed by atoms with E-state index in [2.05, 4.69) is 55.1 Å². The summed E-state index contributed by atoms with van der Waals surface area (Å²) < 4.78 is 10.1. The zero-order chi connectivity index (χ0) is 17.4. The highest BCUT2D eigenvalue weighted by atomic mass is 14.9. The van der Waals surface area contributed by atoms with Crippen LogP contribution in [-0.2, 0) is 7.05 Å². The summed E-state index contributed by atoms with van der Waals surface area (Å²) >= 11 is 0. The Kier molecular flexibility index (Phi) is 3.79. The Morgan fingerprint density at radius 3 is 2.71 bits per heavy atom. The van der Waals surface area contributed by atoms with Crippen molar-refractivity contribution in [1.29, 1.82) is 0 Å². The van der Waals surface area contributed by atoms with Gasteiger partial charge in [-0.3, -0.25) is 0 Å². The molecule has 0 N–H and O–H groups in total. The SMILES string of the molecule is [2H]c1ccc2c(-c3cc(C4CCCCC4)ccc3C)[n+](C)ccc2c1. The van der Waals surface area contributed by atoms with Crippen molar-refractivity contribution in [2.75, 3.05) is 0 Å². The maximum Gasteiger partial charge on any atom is 0.220 e. The van der Waals surface area contributed by atoms with Crippen molar-refractivity contribution in [1.82, 2.24) is 0 Å². The quantitative estimate of drug-likeness (QED) is 0.535.